The van der Waals surface area contributed by atoms with Crippen LogP contribution < -0.4 is 5.32 Å². The van der Waals surface area contributed by atoms with Gasteiger partial charge in [0.05, 0.1) is 12.1 Å². The van der Waals surface area contributed by atoms with Gasteiger partial charge >= 0.3 is 0 Å². The van der Waals surface area contributed by atoms with E-state index < -0.39 is 0 Å². The lowest BCUT2D eigenvalue weighted by atomic mass is 10.1. The molecule has 0 unspecified atom stereocenters. The number of hydrogen-bond donors (Lipinski definition) is 1. The number of rotatable bonds is 7. The smallest absolute Gasteiger partial charge is 0.254 e. The quantitative estimate of drug-likeness (QED) is 0.738. The third-order valence-corrected chi connectivity index (χ3v) is 6.23. The summed E-state index contributed by atoms with van der Waals surface area (Å²) in [5.41, 5.74) is 1.26. The fourth-order valence-electron chi connectivity index (χ4n) is 3.67. The van der Waals surface area contributed by atoms with E-state index >= 15 is 0 Å². The second-order valence-electron chi connectivity index (χ2n) is 7.84. The van der Waals surface area contributed by atoms with Gasteiger partial charge in [-0.05, 0) is 44.2 Å². The van der Waals surface area contributed by atoms with Crippen LogP contribution >= 0.6 is 11.3 Å². The normalized spacial score (nSPS) is 16.2. The number of thiazole rings is 1. The number of aromatic nitrogens is 1. The second kappa shape index (κ2) is 9.38. The molecule has 2 aliphatic rings. The van der Waals surface area contributed by atoms with Crippen LogP contribution in [0.4, 0.5) is 5.13 Å². The van der Waals surface area contributed by atoms with Crippen LogP contribution in [0, 0.1) is 0 Å². The predicted octanol–water partition coefficient (Wildman–Crippen LogP) is 2.94. The molecule has 0 atom stereocenters. The summed E-state index contributed by atoms with van der Waals surface area (Å²) in [5.74, 6) is -0.305. The van der Waals surface area contributed by atoms with E-state index in [0.717, 1.165) is 38.8 Å². The molecular weight excluding hydrogens is 400 g/mol. The Labute approximate surface area is 180 Å². The maximum atomic E-state index is 12.8. The Bertz CT molecular complexity index is 904. The van der Waals surface area contributed by atoms with E-state index in [2.05, 4.69) is 10.3 Å². The topological polar surface area (TPSA) is 82.6 Å². The molecule has 1 aromatic carbocycles. The zero-order valence-electron chi connectivity index (χ0n) is 16.9. The van der Waals surface area contributed by atoms with Crippen LogP contribution in [-0.2, 0) is 16.0 Å². The summed E-state index contributed by atoms with van der Waals surface area (Å²) in [6, 6.07) is 9.16. The third-order valence-electron chi connectivity index (χ3n) is 5.42. The molecule has 2 fully saturated rings. The minimum absolute atomic E-state index is 0.0000158. The molecule has 4 rings (SSSR count). The Morgan fingerprint density at radius 1 is 1.10 bits per heavy atom. The van der Waals surface area contributed by atoms with E-state index in [4.69, 9.17) is 0 Å². The van der Waals surface area contributed by atoms with Gasteiger partial charge in [0.25, 0.3) is 5.91 Å². The molecule has 0 spiro atoms. The molecule has 158 valence electrons. The molecule has 1 saturated heterocycles. The van der Waals surface area contributed by atoms with E-state index in [0.29, 0.717) is 16.4 Å². The number of piperidine rings is 1. The Hall–Kier alpha value is -2.74. The van der Waals surface area contributed by atoms with E-state index in [1.165, 1.54) is 17.8 Å². The lowest BCUT2D eigenvalue weighted by Crippen LogP contribution is -2.39. The first-order valence-electron chi connectivity index (χ1n) is 10.5. The van der Waals surface area contributed by atoms with Crippen LogP contribution in [0.15, 0.2) is 35.7 Å². The number of carbonyl (C=O) groups excluding carboxylic acids is 3. The van der Waals surface area contributed by atoms with E-state index in [9.17, 15) is 14.4 Å². The Balaban J connectivity index is 1.32. The summed E-state index contributed by atoms with van der Waals surface area (Å²) < 4.78 is 0. The first kappa shape index (κ1) is 20.5. The summed E-state index contributed by atoms with van der Waals surface area (Å²) in [7, 11) is 0. The van der Waals surface area contributed by atoms with Gasteiger partial charge in [0.15, 0.2) is 5.13 Å². The maximum absolute atomic E-state index is 12.8. The molecule has 8 heteroatoms. The highest BCUT2D eigenvalue weighted by Crippen LogP contribution is 2.28. The van der Waals surface area contributed by atoms with Crippen LogP contribution in [0.2, 0.25) is 0 Å². The van der Waals surface area contributed by atoms with Crippen molar-refractivity contribution < 1.29 is 14.4 Å². The zero-order valence-corrected chi connectivity index (χ0v) is 17.7. The highest BCUT2D eigenvalue weighted by Gasteiger charge is 2.34. The summed E-state index contributed by atoms with van der Waals surface area (Å²) in [6.07, 6.45) is 5.40. The fraction of sp³-hybridized carbons (Fsp3) is 0.455. The summed E-state index contributed by atoms with van der Waals surface area (Å²) >= 11 is 1.31. The standard InChI is InChI=1S/C22H26N4O3S/c27-19(14-26(18-9-10-18)21(29)16-7-3-1-4-8-16)24-22-23-17(15-30-22)13-20(28)25-11-5-2-6-12-25/h1,3-4,7-8,15,18H,2,5-6,9-14H2,(H,23,24,27). The molecule has 0 bridgehead atoms. The molecule has 1 aromatic heterocycles. The van der Waals surface area contributed by atoms with Crippen molar-refractivity contribution in [2.24, 2.45) is 0 Å². The monoisotopic (exact) mass is 426 g/mol. The summed E-state index contributed by atoms with van der Waals surface area (Å²) in [5, 5.41) is 5.06. The average Bonchev–Trinajstić information content (AvgIpc) is 3.53. The minimum atomic E-state index is -0.269. The van der Waals surface area contributed by atoms with E-state index in [-0.39, 0.29) is 36.7 Å². The molecule has 7 nitrogen and oxygen atoms in total. The predicted molar refractivity (Wildman–Crippen MR) is 115 cm³/mol. The SMILES string of the molecule is O=C(CN(C(=O)c1ccccc1)C1CC1)Nc1nc(CC(=O)N2CCCCC2)cs1. The molecule has 2 aromatic rings. The van der Waals surface area contributed by atoms with Gasteiger partial charge in [-0.3, -0.25) is 14.4 Å². The number of benzene rings is 1. The molecule has 3 amide bonds. The van der Waals surface area contributed by atoms with E-state index in [1.54, 1.807) is 17.0 Å². The van der Waals surface area contributed by atoms with Crippen molar-refractivity contribution in [3.8, 4) is 0 Å². The van der Waals surface area contributed by atoms with Gasteiger partial charge < -0.3 is 15.1 Å². The first-order valence-corrected chi connectivity index (χ1v) is 11.4. The van der Waals surface area contributed by atoms with Gasteiger partial charge in [0.2, 0.25) is 11.8 Å². The van der Waals surface area contributed by atoms with Crippen molar-refractivity contribution in [3.63, 3.8) is 0 Å². The van der Waals surface area contributed by atoms with Crippen LogP contribution in [0.5, 0.6) is 0 Å². The van der Waals surface area contributed by atoms with Crippen LogP contribution in [-0.4, -0.2) is 58.2 Å². The number of anilines is 1. The van der Waals surface area contributed by atoms with Gasteiger partial charge in [-0.2, -0.15) is 0 Å². The van der Waals surface area contributed by atoms with Crippen molar-refractivity contribution in [2.75, 3.05) is 25.0 Å². The zero-order chi connectivity index (χ0) is 20.9. The lowest BCUT2D eigenvalue weighted by molar-refractivity contribution is -0.131. The molecule has 1 N–H and O–H groups in total. The van der Waals surface area contributed by atoms with Crippen molar-refractivity contribution in [1.82, 2.24) is 14.8 Å². The number of nitrogens with zero attached hydrogens (tertiary/aromatic N) is 3. The number of amides is 3. The first-order chi connectivity index (χ1) is 14.6. The largest absolute Gasteiger partial charge is 0.342 e. The molecule has 30 heavy (non-hydrogen) atoms. The van der Waals surface area contributed by atoms with Gasteiger partial charge in [0, 0.05) is 30.1 Å². The summed E-state index contributed by atoms with van der Waals surface area (Å²) in [6.45, 7) is 1.64. The van der Waals surface area contributed by atoms with Crippen molar-refractivity contribution in [3.05, 3.63) is 47.0 Å². The van der Waals surface area contributed by atoms with Crippen LogP contribution in [0.1, 0.15) is 48.2 Å². The third kappa shape index (κ3) is 5.24. The molecule has 1 aliphatic carbocycles. The minimum Gasteiger partial charge on any atom is -0.342 e. The molecule has 1 aliphatic heterocycles. The van der Waals surface area contributed by atoms with Gasteiger partial charge in [0.1, 0.15) is 6.54 Å². The number of carbonyl (C=O) groups is 3. The fourth-order valence-corrected chi connectivity index (χ4v) is 4.40. The molecule has 2 heterocycles. The van der Waals surface area contributed by atoms with Gasteiger partial charge in [-0.25, -0.2) is 4.98 Å². The molecule has 1 saturated carbocycles. The van der Waals surface area contributed by atoms with Gasteiger partial charge in [-0.15, -0.1) is 11.3 Å². The van der Waals surface area contributed by atoms with Crippen LogP contribution in [0.3, 0.4) is 0 Å². The number of likely N-dealkylation sites (tertiary alicyclic amines) is 1. The van der Waals surface area contributed by atoms with Crippen LogP contribution in [0.25, 0.3) is 0 Å². The lowest BCUT2D eigenvalue weighted by Gasteiger charge is -2.26. The Morgan fingerprint density at radius 2 is 1.83 bits per heavy atom. The Kier molecular flexibility index (Phi) is 6.42. The van der Waals surface area contributed by atoms with E-state index in [1.807, 2.05) is 28.5 Å². The van der Waals surface area contributed by atoms with Crippen molar-refractivity contribution in [2.45, 2.75) is 44.6 Å². The number of hydrogen-bond acceptors (Lipinski definition) is 5. The maximum Gasteiger partial charge on any atom is 0.254 e. The van der Waals surface area contributed by atoms with Gasteiger partial charge in [-0.1, -0.05) is 18.2 Å². The summed E-state index contributed by atoms with van der Waals surface area (Å²) in [4.78, 5) is 45.7. The second-order valence-corrected chi connectivity index (χ2v) is 8.70. The highest BCUT2D eigenvalue weighted by atomic mass is 32.1. The van der Waals surface area contributed by atoms with Crippen molar-refractivity contribution >= 4 is 34.2 Å². The highest BCUT2D eigenvalue weighted by molar-refractivity contribution is 7.13. The Morgan fingerprint density at radius 3 is 2.53 bits per heavy atom. The number of nitrogens with one attached hydrogen (secondary N) is 1. The average molecular weight is 427 g/mol. The molecule has 0 radical (unpaired) electrons. The molecular formula is C22H26N4O3S. The van der Waals surface area contributed by atoms with Crippen molar-refractivity contribution in [1.29, 1.82) is 0 Å².